The summed E-state index contributed by atoms with van der Waals surface area (Å²) in [5, 5.41) is 21.9. The van der Waals surface area contributed by atoms with Crippen LogP contribution in [-0.4, -0.2) is 11.9 Å². The molecule has 0 heterocycles. The van der Waals surface area contributed by atoms with Gasteiger partial charge < -0.3 is 19.8 Å². The van der Waals surface area contributed by atoms with E-state index in [1.807, 2.05) is 13.8 Å². The Kier molecular flexibility index (Phi) is 15.5. The summed E-state index contributed by atoms with van der Waals surface area (Å²) in [5.74, 6) is -3.02. The molecule has 0 amide bonds. The summed E-state index contributed by atoms with van der Waals surface area (Å²) in [6.07, 6.45) is 2.85. The minimum Gasteiger partial charge on any atom is -0.549 e. The van der Waals surface area contributed by atoms with Gasteiger partial charge in [0, 0.05) is 5.41 Å². The van der Waals surface area contributed by atoms with Crippen molar-refractivity contribution in [2.75, 3.05) is 0 Å². The molecule has 0 aromatic carbocycles. The third-order valence-electron chi connectivity index (χ3n) is 2.70. The molecule has 6 heteroatoms. The second kappa shape index (κ2) is 11.6. The predicted octanol–water partition coefficient (Wildman–Crippen LogP) is -6.14. The molecule has 17 heavy (non-hydrogen) atoms. The number of hydrogen-bond donors (Lipinski definition) is 0. The molecule has 0 spiro atoms. The first-order valence-electron chi connectivity index (χ1n) is 5.44. The molecule has 0 aliphatic heterocycles. The maximum absolute atomic E-state index is 10.9. The Balaban J connectivity index is -0.000000980. The molecule has 0 fully saturated rings. The van der Waals surface area contributed by atoms with Gasteiger partial charge in [0.05, 0.1) is 11.9 Å². The van der Waals surface area contributed by atoms with Crippen LogP contribution in [0.3, 0.4) is 0 Å². The monoisotopic (exact) mass is 244 g/mol. The third kappa shape index (κ3) is 6.88. The molecule has 0 aromatic rings. The van der Waals surface area contributed by atoms with Gasteiger partial charge in [-0.25, -0.2) is 0 Å². The summed E-state index contributed by atoms with van der Waals surface area (Å²) in [7, 11) is 0. The fourth-order valence-corrected chi connectivity index (χ4v) is 1.57. The number of carbonyl (C=O) groups excluding carboxylic acids is 2. The van der Waals surface area contributed by atoms with Crippen molar-refractivity contribution < 1.29 is 68.2 Å². The van der Waals surface area contributed by atoms with Gasteiger partial charge in [-0.3, -0.25) is 0 Å². The van der Waals surface area contributed by atoms with E-state index in [2.05, 4.69) is 0 Å². The van der Waals surface area contributed by atoms with Crippen LogP contribution in [0.1, 0.15) is 52.4 Å². The Hall–Kier alpha value is 0.537. The van der Waals surface area contributed by atoms with Gasteiger partial charge in [0.15, 0.2) is 0 Å². The fraction of sp³-hybridized carbons (Fsp3) is 0.818. The van der Waals surface area contributed by atoms with E-state index < -0.39 is 17.4 Å². The van der Waals surface area contributed by atoms with Gasteiger partial charge in [0.25, 0.3) is 0 Å². The van der Waals surface area contributed by atoms with Crippen molar-refractivity contribution in [3.63, 3.8) is 0 Å². The van der Waals surface area contributed by atoms with Crippen molar-refractivity contribution in [2.24, 2.45) is 5.41 Å². The molecule has 0 N–H and O–H groups in total. The third-order valence-corrected chi connectivity index (χ3v) is 2.70. The first kappa shape index (κ1) is 22.7. The van der Waals surface area contributed by atoms with Gasteiger partial charge in [-0.05, 0) is 12.8 Å². The number of carboxylic acid groups (broad SMARTS) is 2. The summed E-state index contributed by atoms with van der Waals surface area (Å²) >= 11 is 0. The molecule has 0 radical (unpaired) electrons. The summed E-state index contributed by atoms with van der Waals surface area (Å²) in [5.41, 5.74) is -1.79. The van der Waals surface area contributed by atoms with Gasteiger partial charge in [-0.1, -0.05) is 39.5 Å². The van der Waals surface area contributed by atoms with Crippen LogP contribution in [0.15, 0.2) is 0 Å². The normalized spacial score (nSPS) is 10.0. The minimum atomic E-state index is -1.79. The van der Waals surface area contributed by atoms with Gasteiger partial charge in [-0.2, -0.15) is 0 Å². The second-order valence-electron chi connectivity index (χ2n) is 3.86. The molecule has 0 unspecified atom stereocenters. The average molecular weight is 244 g/mol. The average Bonchev–Trinajstić information content (AvgIpc) is 2.17. The molecule has 0 bridgehead atoms. The van der Waals surface area contributed by atoms with Crippen LogP contribution in [-0.2, 0) is 9.59 Å². The molecule has 0 saturated carbocycles. The molecule has 4 nitrogen and oxygen atoms in total. The molecule has 0 rings (SSSR count). The van der Waals surface area contributed by atoms with E-state index in [9.17, 15) is 19.8 Å². The Labute approximate surface area is 137 Å². The molecule has 0 aliphatic carbocycles. The van der Waals surface area contributed by atoms with Gasteiger partial charge in [0.2, 0.25) is 0 Å². The van der Waals surface area contributed by atoms with Crippen LogP contribution in [0.4, 0.5) is 0 Å². The van der Waals surface area contributed by atoms with Crippen LogP contribution >= 0.6 is 0 Å². The maximum atomic E-state index is 10.9. The van der Waals surface area contributed by atoms with E-state index in [0.717, 1.165) is 12.8 Å². The SMILES string of the molecule is CCCCC(CCCC)(C(=O)[O-])C(=O)[O-].[Li+].[Na+]. The molecule has 88 valence electrons. The summed E-state index contributed by atoms with van der Waals surface area (Å²) in [4.78, 5) is 21.9. The van der Waals surface area contributed by atoms with Gasteiger partial charge in [0.1, 0.15) is 0 Å². The molecular weight excluding hydrogens is 226 g/mol. The van der Waals surface area contributed by atoms with Gasteiger partial charge >= 0.3 is 48.4 Å². The van der Waals surface area contributed by atoms with Crippen LogP contribution in [0.25, 0.3) is 0 Å². The van der Waals surface area contributed by atoms with Gasteiger partial charge in [-0.15, -0.1) is 0 Å². The van der Waals surface area contributed by atoms with E-state index in [0.29, 0.717) is 12.8 Å². The number of rotatable bonds is 8. The van der Waals surface area contributed by atoms with Crippen molar-refractivity contribution >= 4 is 11.9 Å². The van der Waals surface area contributed by atoms with Crippen molar-refractivity contribution in [1.82, 2.24) is 0 Å². The van der Waals surface area contributed by atoms with Crippen molar-refractivity contribution in [1.29, 1.82) is 0 Å². The first-order chi connectivity index (χ1) is 7.01. The largest absolute Gasteiger partial charge is 1.00 e. The minimum absolute atomic E-state index is 0. The van der Waals surface area contributed by atoms with Crippen LogP contribution in [0, 0.1) is 5.41 Å². The Morgan fingerprint density at radius 2 is 1.24 bits per heavy atom. The zero-order valence-electron chi connectivity index (χ0n) is 11.4. The smallest absolute Gasteiger partial charge is 0.549 e. The zero-order chi connectivity index (χ0) is 11.9. The van der Waals surface area contributed by atoms with Crippen LogP contribution in [0.5, 0.6) is 0 Å². The van der Waals surface area contributed by atoms with Crippen LogP contribution < -0.4 is 58.6 Å². The molecule has 0 aliphatic rings. The van der Waals surface area contributed by atoms with Crippen molar-refractivity contribution in [2.45, 2.75) is 52.4 Å². The zero-order valence-corrected chi connectivity index (χ0v) is 13.4. The number of unbranched alkanes of at least 4 members (excludes halogenated alkanes) is 2. The Morgan fingerprint density at radius 3 is 1.41 bits per heavy atom. The standard InChI is InChI=1S/C11H20O4.Li.Na/c1-3-5-7-11(9(12)13,10(14)15)8-6-4-2;;/h3-8H2,1-2H3,(H,12,13)(H,14,15);;/q;2*+1/p-2. The predicted molar refractivity (Wildman–Crippen MR) is 51.5 cm³/mol. The Morgan fingerprint density at radius 1 is 0.941 bits per heavy atom. The Bertz CT molecular complexity index is 210. The molecular formula is C11H18LiNaO4. The number of hydrogen-bond acceptors (Lipinski definition) is 4. The number of aliphatic carboxylic acids is 2. The topological polar surface area (TPSA) is 80.3 Å². The molecule has 0 aromatic heterocycles. The second-order valence-corrected chi connectivity index (χ2v) is 3.86. The summed E-state index contributed by atoms with van der Waals surface area (Å²) in [6.45, 7) is 3.77. The quantitative estimate of drug-likeness (QED) is 0.314. The molecule has 0 saturated heterocycles. The summed E-state index contributed by atoms with van der Waals surface area (Å²) < 4.78 is 0. The molecule has 0 atom stereocenters. The van der Waals surface area contributed by atoms with E-state index in [4.69, 9.17) is 0 Å². The maximum Gasteiger partial charge on any atom is 1.00 e. The number of carboxylic acids is 2. The van der Waals surface area contributed by atoms with E-state index in [-0.39, 0.29) is 61.3 Å². The van der Waals surface area contributed by atoms with E-state index in [1.165, 1.54) is 0 Å². The first-order valence-corrected chi connectivity index (χ1v) is 5.44. The van der Waals surface area contributed by atoms with Crippen molar-refractivity contribution in [3.8, 4) is 0 Å². The van der Waals surface area contributed by atoms with Crippen molar-refractivity contribution in [3.05, 3.63) is 0 Å². The van der Waals surface area contributed by atoms with E-state index >= 15 is 0 Å². The van der Waals surface area contributed by atoms with E-state index in [1.54, 1.807) is 0 Å². The fourth-order valence-electron chi connectivity index (χ4n) is 1.57. The number of carbonyl (C=O) groups is 2. The summed E-state index contributed by atoms with van der Waals surface area (Å²) in [6, 6.07) is 0. The van der Waals surface area contributed by atoms with Crippen LogP contribution in [0.2, 0.25) is 0 Å².